The fourth-order valence-corrected chi connectivity index (χ4v) is 3.57. The predicted molar refractivity (Wildman–Crippen MR) is 117 cm³/mol. The van der Waals surface area contributed by atoms with Crippen molar-refractivity contribution in [2.75, 3.05) is 23.4 Å². The average Bonchev–Trinajstić information content (AvgIpc) is 3.39. The van der Waals surface area contributed by atoms with Crippen molar-refractivity contribution in [3.63, 3.8) is 0 Å². The predicted octanol–water partition coefficient (Wildman–Crippen LogP) is 4.47. The average molecular weight is 421 g/mol. The number of aromatic nitrogens is 2. The largest absolute Gasteiger partial charge is 0.447 e. The van der Waals surface area contributed by atoms with Gasteiger partial charge in [-0.25, -0.2) is 9.48 Å². The third kappa shape index (κ3) is 4.20. The molecule has 0 aliphatic carbocycles. The minimum atomic E-state index is -0.511. The summed E-state index contributed by atoms with van der Waals surface area (Å²) in [4.78, 5) is 24.2. The van der Waals surface area contributed by atoms with Gasteiger partial charge < -0.3 is 10.1 Å². The van der Waals surface area contributed by atoms with Gasteiger partial charge in [-0.05, 0) is 24.1 Å². The number of nitro groups is 1. The third-order valence-electron chi connectivity index (χ3n) is 5.10. The zero-order chi connectivity index (χ0) is 22.0. The normalized spacial score (nSPS) is 13.5. The molecule has 2 heterocycles. The van der Waals surface area contributed by atoms with E-state index in [0.29, 0.717) is 24.5 Å². The Balaban J connectivity index is 1.64. The van der Waals surface area contributed by atoms with Crippen LogP contribution in [0.15, 0.2) is 54.7 Å². The smallest absolute Gasteiger partial charge is 0.414 e. The van der Waals surface area contributed by atoms with Crippen molar-refractivity contribution < 1.29 is 14.5 Å². The zero-order valence-electron chi connectivity index (χ0n) is 17.3. The quantitative estimate of drug-likeness (QED) is 0.446. The molecular weight excluding hydrogens is 398 g/mol. The van der Waals surface area contributed by atoms with E-state index in [1.807, 2.05) is 41.2 Å². The highest BCUT2D eigenvalue weighted by atomic mass is 16.6. The number of hydrogen-bond acceptors (Lipinski definition) is 6. The van der Waals surface area contributed by atoms with Crippen molar-refractivity contribution in [3.05, 3.63) is 76.1 Å². The van der Waals surface area contributed by atoms with E-state index in [9.17, 15) is 14.9 Å². The molecule has 3 aromatic rings. The van der Waals surface area contributed by atoms with Crippen molar-refractivity contribution in [2.45, 2.75) is 26.3 Å². The molecule has 0 unspecified atom stereocenters. The van der Waals surface area contributed by atoms with Crippen LogP contribution in [0, 0.1) is 10.1 Å². The number of benzene rings is 2. The molecule has 4 rings (SSSR count). The molecule has 1 aliphatic rings. The molecule has 31 heavy (non-hydrogen) atoms. The number of para-hydroxylation sites is 1. The van der Waals surface area contributed by atoms with Crippen molar-refractivity contribution in [2.24, 2.45) is 0 Å². The number of hydrogen-bond donors (Lipinski definition) is 1. The van der Waals surface area contributed by atoms with Crippen LogP contribution in [-0.2, 0) is 11.3 Å². The van der Waals surface area contributed by atoms with Crippen LogP contribution in [0.5, 0.6) is 0 Å². The molecular formula is C22H23N5O4. The van der Waals surface area contributed by atoms with E-state index in [2.05, 4.69) is 19.2 Å². The van der Waals surface area contributed by atoms with E-state index in [1.54, 1.807) is 6.07 Å². The van der Waals surface area contributed by atoms with Gasteiger partial charge in [0.15, 0.2) is 0 Å². The zero-order valence-corrected chi connectivity index (χ0v) is 17.3. The molecule has 160 valence electrons. The van der Waals surface area contributed by atoms with Crippen LogP contribution in [0.1, 0.15) is 31.0 Å². The first-order chi connectivity index (χ1) is 14.9. The maximum Gasteiger partial charge on any atom is 0.414 e. The number of rotatable bonds is 7. The molecule has 1 aliphatic heterocycles. The molecule has 0 atom stereocenters. The van der Waals surface area contributed by atoms with Crippen LogP contribution in [0.3, 0.4) is 0 Å². The number of nitrogens with one attached hydrogen (secondary N) is 1. The highest BCUT2D eigenvalue weighted by Gasteiger charge is 2.27. The van der Waals surface area contributed by atoms with Crippen LogP contribution in [0.25, 0.3) is 5.69 Å². The van der Waals surface area contributed by atoms with E-state index >= 15 is 0 Å². The number of non-ortho nitro benzene ring substituents is 1. The molecule has 1 amide bonds. The molecule has 0 bridgehead atoms. The summed E-state index contributed by atoms with van der Waals surface area (Å²) >= 11 is 0. The van der Waals surface area contributed by atoms with Gasteiger partial charge in [-0.15, -0.1) is 0 Å². The van der Waals surface area contributed by atoms with Gasteiger partial charge in [-0.3, -0.25) is 15.0 Å². The lowest BCUT2D eigenvalue weighted by atomic mass is 10.1. The molecule has 1 aromatic heterocycles. The Morgan fingerprint density at radius 2 is 2.00 bits per heavy atom. The summed E-state index contributed by atoms with van der Waals surface area (Å²) in [6.45, 7) is 5.21. The summed E-state index contributed by atoms with van der Waals surface area (Å²) in [5.74, 6) is 0.214. The molecule has 0 spiro atoms. The van der Waals surface area contributed by atoms with Crippen molar-refractivity contribution >= 4 is 23.2 Å². The Kier molecular flexibility index (Phi) is 5.57. The summed E-state index contributed by atoms with van der Waals surface area (Å²) < 4.78 is 6.87. The van der Waals surface area contributed by atoms with Crippen LogP contribution < -0.4 is 10.2 Å². The summed E-state index contributed by atoms with van der Waals surface area (Å²) in [7, 11) is 0. The molecule has 0 saturated carbocycles. The number of nitro benzene ring substituents is 1. The maximum atomic E-state index is 12.1. The van der Waals surface area contributed by atoms with Gasteiger partial charge >= 0.3 is 6.09 Å². The second kappa shape index (κ2) is 8.47. The number of carbonyl (C=O) groups excluding carboxylic acids is 1. The summed E-state index contributed by atoms with van der Waals surface area (Å²) in [5.41, 5.74) is 3.89. The summed E-state index contributed by atoms with van der Waals surface area (Å²) in [5, 5.41) is 19.3. The Morgan fingerprint density at radius 1 is 1.23 bits per heavy atom. The van der Waals surface area contributed by atoms with Gasteiger partial charge in [0.05, 0.1) is 34.2 Å². The Hall–Kier alpha value is -3.88. The number of carbonyl (C=O) groups is 1. The second-order valence-corrected chi connectivity index (χ2v) is 7.55. The van der Waals surface area contributed by atoms with E-state index in [-0.39, 0.29) is 18.2 Å². The Morgan fingerprint density at radius 3 is 2.65 bits per heavy atom. The number of ether oxygens (including phenoxy) is 1. The van der Waals surface area contributed by atoms with Gasteiger partial charge in [-0.1, -0.05) is 32.0 Å². The van der Waals surface area contributed by atoms with E-state index in [0.717, 1.165) is 16.9 Å². The van der Waals surface area contributed by atoms with Crippen molar-refractivity contribution in [1.82, 2.24) is 9.78 Å². The van der Waals surface area contributed by atoms with Crippen molar-refractivity contribution in [1.29, 1.82) is 0 Å². The van der Waals surface area contributed by atoms with Gasteiger partial charge in [0.1, 0.15) is 6.61 Å². The molecule has 1 N–H and O–H groups in total. The molecule has 2 aromatic carbocycles. The summed E-state index contributed by atoms with van der Waals surface area (Å²) in [6.07, 6.45) is 1.47. The topological polar surface area (TPSA) is 103 Å². The fraction of sp³-hybridized carbons (Fsp3) is 0.273. The van der Waals surface area contributed by atoms with Crippen molar-refractivity contribution in [3.8, 4) is 5.69 Å². The van der Waals surface area contributed by atoms with Gasteiger partial charge in [0, 0.05) is 30.4 Å². The van der Waals surface area contributed by atoms with E-state index in [1.165, 1.54) is 17.0 Å². The lowest BCUT2D eigenvalue weighted by molar-refractivity contribution is -0.384. The first-order valence-corrected chi connectivity index (χ1v) is 10.0. The highest BCUT2D eigenvalue weighted by molar-refractivity contribution is 5.94. The second-order valence-electron chi connectivity index (χ2n) is 7.55. The lowest BCUT2D eigenvalue weighted by Gasteiger charge is -2.18. The van der Waals surface area contributed by atoms with Crippen LogP contribution >= 0.6 is 0 Å². The molecule has 9 heteroatoms. The Bertz CT molecular complexity index is 1110. The SMILES string of the molecule is CC(C)c1nn(-c2ccccc2)cc1CNc1ccc([N+](=O)[O-])cc1N1CCOC1=O. The molecule has 0 radical (unpaired) electrons. The van der Waals surface area contributed by atoms with Gasteiger partial charge in [-0.2, -0.15) is 5.10 Å². The van der Waals surface area contributed by atoms with Crippen LogP contribution in [0.4, 0.5) is 21.9 Å². The minimum Gasteiger partial charge on any atom is -0.447 e. The number of cyclic esters (lactones) is 1. The lowest BCUT2D eigenvalue weighted by Crippen LogP contribution is -2.24. The fourth-order valence-electron chi connectivity index (χ4n) is 3.57. The minimum absolute atomic E-state index is 0.0833. The monoisotopic (exact) mass is 421 g/mol. The third-order valence-corrected chi connectivity index (χ3v) is 5.10. The summed E-state index contributed by atoms with van der Waals surface area (Å²) in [6, 6.07) is 14.3. The molecule has 1 fully saturated rings. The van der Waals surface area contributed by atoms with Gasteiger partial charge in [0.2, 0.25) is 0 Å². The first-order valence-electron chi connectivity index (χ1n) is 10.0. The standard InChI is InChI=1S/C22H23N5O4/c1-15(2)21-16(14-26(24-21)17-6-4-3-5-7-17)13-23-19-9-8-18(27(29)30)12-20(19)25-10-11-31-22(25)28/h3-9,12,14-15,23H,10-11,13H2,1-2H3. The number of amides is 1. The first kappa shape index (κ1) is 20.4. The van der Waals surface area contributed by atoms with E-state index in [4.69, 9.17) is 9.84 Å². The molecule has 9 nitrogen and oxygen atoms in total. The van der Waals surface area contributed by atoms with Gasteiger partial charge in [0.25, 0.3) is 5.69 Å². The van der Waals surface area contributed by atoms with Crippen LogP contribution in [0.2, 0.25) is 0 Å². The molecule has 1 saturated heterocycles. The Labute approximate surface area is 179 Å². The number of anilines is 2. The van der Waals surface area contributed by atoms with E-state index < -0.39 is 11.0 Å². The van der Waals surface area contributed by atoms with Crippen LogP contribution in [-0.4, -0.2) is 33.9 Å². The highest BCUT2D eigenvalue weighted by Crippen LogP contribution is 2.33. The maximum absolute atomic E-state index is 12.1. The number of nitrogens with zero attached hydrogens (tertiary/aromatic N) is 4.